The lowest BCUT2D eigenvalue weighted by atomic mass is 10.1. The van der Waals surface area contributed by atoms with Crippen LogP contribution in [-0.2, 0) is 17.8 Å². The van der Waals surface area contributed by atoms with Crippen LogP contribution in [0, 0.1) is 5.82 Å². The maximum Gasteiger partial charge on any atom is 0.276 e. The van der Waals surface area contributed by atoms with Crippen LogP contribution in [0.5, 0.6) is 5.75 Å². The number of carbonyl (C=O) groups is 2. The van der Waals surface area contributed by atoms with Crippen molar-refractivity contribution in [2.45, 2.75) is 45.7 Å². The maximum atomic E-state index is 13.6. The number of ether oxygens (including phenoxy) is 1. The molecule has 1 aromatic heterocycles. The van der Waals surface area contributed by atoms with Gasteiger partial charge in [-0.1, -0.05) is 23.7 Å². The molecule has 2 heterocycles. The Morgan fingerprint density at radius 1 is 1.36 bits per heavy atom. The van der Waals surface area contributed by atoms with Crippen molar-refractivity contribution in [2.24, 2.45) is 0 Å². The fourth-order valence-corrected chi connectivity index (χ4v) is 3.68. The van der Waals surface area contributed by atoms with E-state index in [-0.39, 0.29) is 36.5 Å². The van der Waals surface area contributed by atoms with E-state index in [1.54, 1.807) is 0 Å². The van der Waals surface area contributed by atoms with Crippen molar-refractivity contribution in [3.05, 3.63) is 62.3 Å². The van der Waals surface area contributed by atoms with Crippen molar-refractivity contribution in [1.82, 2.24) is 14.8 Å². The van der Waals surface area contributed by atoms with Crippen LogP contribution in [0.15, 0.2) is 29.2 Å². The van der Waals surface area contributed by atoms with E-state index in [0.717, 1.165) is 11.1 Å². The van der Waals surface area contributed by atoms with E-state index < -0.39 is 40.6 Å². The van der Waals surface area contributed by atoms with Crippen LogP contribution in [0.3, 0.4) is 0 Å². The average molecular weight is 482 g/mol. The third kappa shape index (κ3) is 5.35. The molecule has 1 atom stereocenters. The number of aromatic hydroxyl groups is 1. The summed E-state index contributed by atoms with van der Waals surface area (Å²) in [7, 11) is 0. The number of amides is 2. The van der Waals surface area contributed by atoms with Gasteiger partial charge in [0, 0.05) is 25.9 Å². The van der Waals surface area contributed by atoms with Crippen molar-refractivity contribution < 1.29 is 28.9 Å². The Morgan fingerprint density at radius 2 is 2.09 bits per heavy atom. The first-order chi connectivity index (χ1) is 15.6. The summed E-state index contributed by atoms with van der Waals surface area (Å²) in [5.41, 5.74) is -1.46. The van der Waals surface area contributed by atoms with Crippen LogP contribution in [0.4, 0.5) is 4.39 Å². The first-order valence-electron chi connectivity index (χ1n) is 10.4. The number of rotatable bonds is 8. The van der Waals surface area contributed by atoms with E-state index in [1.807, 2.05) is 13.8 Å². The minimum Gasteiger partial charge on any atom is -0.503 e. The Bertz CT molecular complexity index is 1120. The summed E-state index contributed by atoms with van der Waals surface area (Å²) < 4.78 is 20.2. The number of benzene rings is 1. The molecule has 11 heteroatoms. The van der Waals surface area contributed by atoms with E-state index in [1.165, 1.54) is 22.8 Å². The number of aliphatic hydroxyl groups is 1. The maximum absolute atomic E-state index is 13.6. The number of fused-ring (bicyclic) bond motifs is 1. The highest BCUT2D eigenvalue weighted by Gasteiger charge is 2.35. The number of aliphatic hydroxyl groups excluding tert-OH is 1. The van der Waals surface area contributed by atoms with Gasteiger partial charge in [0.05, 0.1) is 17.7 Å². The number of nitrogens with zero attached hydrogens (tertiary/aromatic N) is 2. The first-order valence-corrected chi connectivity index (χ1v) is 10.8. The number of nitrogens with one attached hydrogen (secondary N) is 1. The van der Waals surface area contributed by atoms with Crippen LogP contribution in [0.2, 0.25) is 5.02 Å². The van der Waals surface area contributed by atoms with Gasteiger partial charge in [0.25, 0.3) is 11.8 Å². The lowest BCUT2D eigenvalue weighted by molar-refractivity contribution is -0.0174. The molecule has 178 valence electrons. The number of hydrogen-bond acceptors (Lipinski definition) is 6. The van der Waals surface area contributed by atoms with Gasteiger partial charge in [0.15, 0.2) is 11.4 Å². The zero-order chi connectivity index (χ0) is 24.3. The van der Waals surface area contributed by atoms with Gasteiger partial charge >= 0.3 is 0 Å². The predicted molar refractivity (Wildman–Crippen MR) is 118 cm³/mol. The molecular weight excluding hydrogens is 457 g/mol. The summed E-state index contributed by atoms with van der Waals surface area (Å²) in [6, 6.07) is 4.11. The Hall–Kier alpha value is -2.95. The molecule has 2 aromatic rings. The van der Waals surface area contributed by atoms with Gasteiger partial charge in [-0.05, 0) is 31.9 Å². The summed E-state index contributed by atoms with van der Waals surface area (Å²) in [6.07, 6.45) is 0.375. The smallest absolute Gasteiger partial charge is 0.276 e. The van der Waals surface area contributed by atoms with E-state index >= 15 is 0 Å². The normalized spacial score (nSPS) is 15.6. The second kappa shape index (κ2) is 10.3. The molecule has 0 fully saturated rings. The third-order valence-electron chi connectivity index (χ3n) is 5.15. The number of halogens is 2. The van der Waals surface area contributed by atoms with Crippen molar-refractivity contribution in [1.29, 1.82) is 0 Å². The van der Waals surface area contributed by atoms with Crippen LogP contribution in [0.1, 0.15) is 46.7 Å². The molecule has 1 aliphatic heterocycles. The molecule has 2 amide bonds. The van der Waals surface area contributed by atoms with Gasteiger partial charge in [0.2, 0.25) is 5.43 Å². The van der Waals surface area contributed by atoms with Crippen LogP contribution in [0.25, 0.3) is 0 Å². The topological polar surface area (TPSA) is 121 Å². The van der Waals surface area contributed by atoms with E-state index in [2.05, 4.69) is 5.32 Å². The van der Waals surface area contributed by atoms with Crippen molar-refractivity contribution in [3.8, 4) is 5.75 Å². The van der Waals surface area contributed by atoms with E-state index in [9.17, 15) is 29.0 Å². The van der Waals surface area contributed by atoms with E-state index in [4.69, 9.17) is 16.3 Å². The molecule has 3 N–H and O–H groups in total. The molecule has 1 aliphatic rings. The largest absolute Gasteiger partial charge is 0.503 e. The van der Waals surface area contributed by atoms with Gasteiger partial charge in [-0.15, -0.1) is 0 Å². The molecule has 1 unspecified atom stereocenters. The molecule has 0 saturated carbocycles. The average Bonchev–Trinajstić information content (AvgIpc) is 2.75. The Kier molecular flexibility index (Phi) is 7.72. The van der Waals surface area contributed by atoms with Gasteiger partial charge in [0.1, 0.15) is 17.6 Å². The Balaban J connectivity index is 1.79. The second-order valence-corrected chi connectivity index (χ2v) is 8.25. The van der Waals surface area contributed by atoms with Crippen LogP contribution < -0.4 is 10.7 Å². The van der Waals surface area contributed by atoms with Crippen LogP contribution in [-0.4, -0.2) is 57.0 Å². The predicted octanol–water partition coefficient (Wildman–Crippen LogP) is 1.87. The molecule has 0 saturated heterocycles. The van der Waals surface area contributed by atoms with Crippen molar-refractivity contribution in [2.75, 3.05) is 13.2 Å². The van der Waals surface area contributed by atoms with Gasteiger partial charge < -0.3 is 29.7 Å². The molecular formula is C22H25ClFN3O6. The Labute approximate surface area is 194 Å². The van der Waals surface area contributed by atoms with Gasteiger partial charge in [-0.25, -0.2) is 4.39 Å². The molecule has 1 aromatic carbocycles. The van der Waals surface area contributed by atoms with Gasteiger partial charge in [-0.2, -0.15) is 0 Å². The summed E-state index contributed by atoms with van der Waals surface area (Å²) in [5, 5.41) is 23.1. The second-order valence-electron chi connectivity index (χ2n) is 7.87. The summed E-state index contributed by atoms with van der Waals surface area (Å²) in [4.78, 5) is 39.2. The van der Waals surface area contributed by atoms with E-state index in [0.29, 0.717) is 18.6 Å². The SMILES string of the molecule is CC(C)OCCCN1C(=O)c2c(O)c(=O)c(C(=O)NCc3cccc(F)c3Cl)cn2CC1O. The van der Waals surface area contributed by atoms with Crippen molar-refractivity contribution in [3.63, 3.8) is 0 Å². The van der Waals surface area contributed by atoms with Gasteiger partial charge in [-0.3, -0.25) is 14.4 Å². The summed E-state index contributed by atoms with van der Waals surface area (Å²) in [5.74, 6) is -3.11. The minimum atomic E-state index is -1.21. The molecule has 9 nitrogen and oxygen atoms in total. The summed E-state index contributed by atoms with van der Waals surface area (Å²) in [6.45, 7) is 3.99. The fraction of sp³-hybridized carbons (Fsp3) is 0.409. The molecule has 0 bridgehead atoms. The molecule has 0 radical (unpaired) electrons. The molecule has 3 rings (SSSR count). The highest BCUT2D eigenvalue weighted by Crippen LogP contribution is 2.23. The standard InChI is InChI=1S/C22H25ClFN3O6/c1-12(2)33-8-4-7-27-16(28)11-26-10-14(19(29)20(30)18(26)22(27)32)21(31)25-9-13-5-3-6-15(24)17(13)23/h3,5-6,10,12,16,28,30H,4,7-9,11H2,1-2H3,(H,25,31). The minimum absolute atomic E-state index is 0.0248. The zero-order valence-electron chi connectivity index (χ0n) is 18.2. The highest BCUT2D eigenvalue weighted by molar-refractivity contribution is 6.31. The zero-order valence-corrected chi connectivity index (χ0v) is 18.9. The quantitative estimate of drug-likeness (QED) is 0.495. The fourth-order valence-electron chi connectivity index (χ4n) is 3.49. The first kappa shape index (κ1) is 24.7. The Morgan fingerprint density at radius 3 is 2.79 bits per heavy atom. The number of carbonyl (C=O) groups excluding carboxylic acids is 2. The lowest BCUT2D eigenvalue weighted by Crippen LogP contribution is -2.49. The number of aromatic nitrogens is 1. The monoisotopic (exact) mass is 481 g/mol. The number of pyridine rings is 1. The van der Waals surface area contributed by atoms with Crippen LogP contribution >= 0.6 is 11.6 Å². The highest BCUT2D eigenvalue weighted by atomic mass is 35.5. The molecule has 33 heavy (non-hydrogen) atoms. The third-order valence-corrected chi connectivity index (χ3v) is 5.57. The molecule has 0 aliphatic carbocycles. The van der Waals surface area contributed by atoms with Crippen molar-refractivity contribution >= 4 is 23.4 Å². The molecule has 0 spiro atoms. The summed E-state index contributed by atoms with van der Waals surface area (Å²) >= 11 is 5.87. The number of hydrogen-bond donors (Lipinski definition) is 3. The lowest BCUT2D eigenvalue weighted by Gasteiger charge is -2.34.